The van der Waals surface area contributed by atoms with Gasteiger partial charge in [-0.1, -0.05) is 12.5 Å². The molecule has 1 aliphatic rings. The van der Waals surface area contributed by atoms with Gasteiger partial charge in [0.05, 0.1) is 18.7 Å². The molecular formula is C19H24N2O2. The minimum Gasteiger partial charge on any atom is -0.497 e. The Balaban J connectivity index is 1.98. The molecule has 1 aromatic heterocycles. The molecule has 0 aliphatic carbocycles. The first-order chi connectivity index (χ1) is 11.3. The van der Waals surface area contributed by atoms with Gasteiger partial charge in [0.15, 0.2) is 0 Å². The molecule has 4 heteroatoms. The summed E-state index contributed by atoms with van der Waals surface area (Å²) in [6, 6.07) is 8.30. The lowest BCUT2D eigenvalue weighted by atomic mass is 9.91. The van der Waals surface area contributed by atoms with Crippen LogP contribution in [0.15, 0.2) is 42.2 Å². The molecular weight excluding hydrogens is 288 g/mol. The van der Waals surface area contributed by atoms with Crippen LogP contribution in [0, 0.1) is 0 Å². The quantitative estimate of drug-likeness (QED) is 0.907. The minimum absolute atomic E-state index is 0.0118. The van der Waals surface area contributed by atoms with Crippen molar-refractivity contribution >= 4 is 10.9 Å². The van der Waals surface area contributed by atoms with E-state index in [4.69, 9.17) is 9.47 Å². The van der Waals surface area contributed by atoms with E-state index in [0.717, 1.165) is 41.5 Å². The molecule has 23 heavy (non-hydrogen) atoms. The zero-order valence-electron chi connectivity index (χ0n) is 14.0. The normalized spacial score (nSPS) is 19.1. The van der Waals surface area contributed by atoms with Gasteiger partial charge in [0, 0.05) is 18.7 Å². The van der Waals surface area contributed by atoms with Crippen molar-refractivity contribution in [3.8, 4) is 5.75 Å². The summed E-state index contributed by atoms with van der Waals surface area (Å²) in [5.74, 6) is 0.839. The Labute approximate surface area is 137 Å². The third kappa shape index (κ3) is 3.17. The molecule has 1 aliphatic heterocycles. The highest BCUT2D eigenvalue weighted by Gasteiger charge is 2.26. The fourth-order valence-corrected chi connectivity index (χ4v) is 3.27. The van der Waals surface area contributed by atoms with E-state index in [0.29, 0.717) is 0 Å². The summed E-state index contributed by atoms with van der Waals surface area (Å²) in [6.07, 6.45) is 7.30. The van der Waals surface area contributed by atoms with Crippen LogP contribution in [0.3, 0.4) is 0 Å². The molecule has 1 aromatic carbocycles. The third-order valence-electron chi connectivity index (χ3n) is 4.64. The predicted octanol–water partition coefficient (Wildman–Crippen LogP) is 3.98. The average Bonchev–Trinajstić information content (AvgIpc) is 2.62. The van der Waals surface area contributed by atoms with Crippen LogP contribution in [0.25, 0.3) is 10.9 Å². The van der Waals surface area contributed by atoms with Crippen LogP contribution in [0.1, 0.15) is 37.9 Å². The lowest BCUT2D eigenvalue weighted by Crippen LogP contribution is -2.35. The van der Waals surface area contributed by atoms with Gasteiger partial charge in [-0.3, -0.25) is 4.98 Å². The highest BCUT2D eigenvalue weighted by molar-refractivity contribution is 5.84. The van der Waals surface area contributed by atoms with Gasteiger partial charge in [-0.15, -0.1) is 0 Å². The Bertz CT molecular complexity index is 712. The molecule has 3 rings (SSSR count). The zero-order valence-corrected chi connectivity index (χ0v) is 14.0. The van der Waals surface area contributed by atoms with Crippen molar-refractivity contribution in [2.75, 3.05) is 14.2 Å². The van der Waals surface area contributed by atoms with Gasteiger partial charge in [-0.05, 0) is 55.3 Å². The summed E-state index contributed by atoms with van der Waals surface area (Å²) in [5, 5.41) is 4.61. The first-order valence-corrected chi connectivity index (χ1v) is 8.16. The summed E-state index contributed by atoms with van der Waals surface area (Å²) in [6.45, 7) is 2.20. The Morgan fingerprint density at radius 1 is 1.30 bits per heavy atom. The van der Waals surface area contributed by atoms with Crippen LogP contribution in [0.5, 0.6) is 5.75 Å². The number of hydrogen-bond donors (Lipinski definition) is 1. The number of nitrogens with zero attached hydrogens (tertiary/aromatic N) is 1. The van der Waals surface area contributed by atoms with Crippen molar-refractivity contribution in [2.24, 2.45) is 0 Å². The third-order valence-corrected chi connectivity index (χ3v) is 4.64. The molecule has 0 unspecified atom stereocenters. The molecule has 0 spiro atoms. The van der Waals surface area contributed by atoms with Crippen molar-refractivity contribution in [1.82, 2.24) is 10.3 Å². The molecule has 0 amide bonds. The number of fused-ring (bicyclic) bond motifs is 1. The Morgan fingerprint density at radius 2 is 2.17 bits per heavy atom. The molecule has 2 atom stereocenters. The van der Waals surface area contributed by atoms with E-state index in [9.17, 15) is 0 Å². The Kier molecular flexibility index (Phi) is 4.82. The van der Waals surface area contributed by atoms with Gasteiger partial charge in [0.25, 0.3) is 0 Å². The minimum atomic E-state index is -0.0118. The van der Waals surface area contributed by atoms with Crippen LogP contribution >= 0.6 is 0 Å². The summed E-state index contributed by atoms with van der Waals surface area (Å²) in [5.41, 5.74) is 3.59. The number of benzene rings is 1. The molecule has 1 N–H and O–H groups in total. The molecule has 0 bridgehead atoms. The number of ether oxygens (including phenoxy) is 2. The second kappa shape index (κ2) is 7.01. The highest BCUT2D eigenvalue weighted by Crippen LogP contribution is 2.33. The van der Waals surface area contributed by atoms with Gasteiger partial charge in [-0.25, -0.2) is 0 Å². The van der Waals surface area contributed by atoms with Gasteiger partial charge in [-0.2, -0.15) is 0 Å². The molecule has 4 nitrogen and oxygen atoms in total. The molecule has 0 saturated carbocycles. The van der Waals surface area contributed by atoms with Crippen molar-refractivity contribution in [3.63, 3.8) is 0 Å². The lowest BCUT2D eigenvalue weighted by molar-refractivity contribution is 0.0687. The van der Waals surface area contributed by atoms with Gasteiger partial charge in [0.1, 0.15) is 11.9 Å². The van der Waals surface area contributed by atoms with E-state index in [1.54, 1.807) is 14.2 Å². The number of allylic oxidation sites excluding steroid dienone is 1. The first-order valence-electron chi connectivity index (χ1n) is 8.16. The van der Waals surface area contributed by atoms with Crippen molar-refractivity contribution in [1.29, 1.82) is 0 Å². The van der Waals surface area contributed by atoms with E-state index < -0.39 is 0 Å². The average molecular weight is 312 g/mol. The number of nitrogens with one attached hydrogen (secondary N) is 1. The summed E-state index contributed by atoms with van der Waals surface area (Å²) in [7, 11) is 3.46. The number of pyridine rings is 1. The maximum atomic E-state index is 5.87. The second-order valence-electron chi connectivity index (χ2n) is 5.91. The zero-order chi connectivity index (χ0) is 16.2. The lowest BCUT2D eigenvalue weighted by Gasteiger charge is -2.31. The molecule has 0 saturated heterocycles. The number of hydrogen-bond acceptors (Lipinski definition) is 4. The van der Waals surface area contributed by atoms with Crippen molar-refractivity contribution in [2.45, 2.75) is 38.3 Å². The van der Waals surface area contributed by atoms with Crippen LogP contribution in [0.4, 0.5) is 0 Å². The second-order valence-corrected chi connectivity index (χ2v) is 5.91. The summed E-state index contributed by atoms with van der Waals surface area (Å²) >= 11 is 0. The topological polar surface area (TPSA) is 43.4 Å². The first kappa shape index (κ1) is 15.8. The Hall–Kier alpha value is -2.07. The van der Waals surface area contributed by atoms with Gasteiger partial charge < -0.3 is 14.8 Å². The van der Waals surface area contributed by atoms with Crippen LogP contribution in [-0.4, -0.2) is 25.2 Å². The fourth-order valence-electron chi connectivity index (χ4n) is 3.27. The fraction of sp³-hybridized carbons (Fsp3) is 0.421. The van der Waals surface area contributed by atoms with Crippen LogP contribution in [0.2, 0.25) is 0 Å². The molecule has 122 valence electrons. The largest absolute Gasteiger partial charge is 0.497 e. The molecule has 0 fully saturated rings. The van der Waals surface area contributed by atoms with E-state index in [-0.39, 0.29) is 12.1 Å². The molecule has 2 aromatic rings. The standard InChI is InChI=1S/C19H24N2O2/c1-4-13-5-7-18(21-12-13)19(23-3)15-9-10-20-17-8-6-14(22-2)11-16(15)17/h6,8-12,18-19,21H,4-5,7H2,1-3H3/t18-,19+/m0/s1. The van der Waals surface area contributed by atoms with Crippen molar-refractivity contribution in [3.05, 3.63) is 47.8 Å². The van der Waals surface area contributed by atoms with Gasteiger partial charge >= 0.3 is 0 Å². The van der Waals surface area contributed by atoms with Crippen molar-refractivity contribution < 1.29 is 9.47 Å². The van der Waals surface area contributed by atoms with Gasteiger partial charge in [0.2, 0.25) is 0 Å². The maximum absolute atomic E-state index is 5.87. The summed E-state index contributed by atoms with van der Waals surface area (Å²) in [4.78, 5) is 4.46. The number of rotatable bonds is 5. The van der Waals surface area contributed by atoms with Crippen LogP contribution < -0.4 is 10.1 Å². The van der Waals surface area contributed by atoms with Crippen LogP contribution in [-0.2, 0) is 4.74 Å². The predicted molar refractivity (Wildman–Crippen MR) is 92.6 cm³/mol. The summed E-state index contributed by atoms with van der Waals surface area (Å²) < 4.78 is 11.2. The molecule has 0 radical (unpaired) electrons. The Morgan fingerprint density at radius 3 is 2.83 bits per heavy atom. The number of aromatic nitrogens is 1. The molecule has 2 heterocycles. The SMILES string of the molecule is CCC1=CN[C@H]([C@H](OC)c2ccnc3ccc(OC)cc23)CC1. The van der Waals surface area contributed by atoms with E-state index in [1.807, 2.05) is 24.4 Å². The van der Waals surface area contributed by atoms with E-state index in [1.165, 1.54) is 5.57 Å². The van der Waals surface area contributed by atoms with E-state index >= 15 is 0 Å². The maximum Gasteiger partial charge on any atom is 0.119 e. The number of methoxy groups -OCH3 is 2. The monoisotopic (exact) mass is 312 g/mol. The van der Waals surface area contributed by atoms with E-state index in [2.05, 4.69) is 29.5 Å². The highest BCUT2D eigenvalue weighted by atomic mass is 16.5. The smallest absolute Gasteiger partial charge is 0.119 e.